The monoisotopic (exact) mass is 372 g/mol. The molecule has 6 nitrogen and oxygen atoms in total. The zero-order valence-electron chi connectivity index (χ0n) is 15.3. The van der Waals surface area contributed by atoms with Crippen molar-refractivity contribution in [2.24, 2.45) is 5.92 Å². The van der Waals surface area contributed by atoms with E-state index in [1.54, 1.807) is 23.4 Å². The van der Waals surface area contributed by atoms with Gasteiger partial charge < -0.3 is 10.2 Å². The van der Waals surface area contributed by atoms with Crippen LogP contribution in [0.2, 0.25) is 0 Å². The average molecular weight is 372 g/mol. The van der Waals surface area contributed by atoms with Crippen molar-refractivity contribution in [3.05, 3.63) is 78.8 Å². The molecule has 2 aromatic heterocycles. The third-order valence-electron chi connectivity index (χ3n) is 4.79. The van der Waals surface area contributed by atoms with Crippen LogP contribution in [0.25, 0.3) is 11.1 Å². The Kier molecular flexibility index (Phi) is 5.10. The standard InChI is InChI=1S/C22H20N4O2/c27-21-12-18(14-26(21)15-19-8-4-5-11-23-19)22(28)25-20-10-9-17(13-24-20)16-6-2-1-3-7-16/h1-11,13,18H,12,14-15H2,(H,24,25,28). The van der Waals surface area contributed by atoms with Gasteiger partial charge in [-0.25, -0.2) is 4.98 Å². The summed E-state index contributed by atoms with van der Waals surface area (Å²) < 4.78 is 0. The van der Waals surface area contributed by atoms with Gasteiger partial charge in [0.05, 0.1) is 18.2 Å². The normalized spacial score (nSPS) is 16.2. The molecule has 0 radical (unpaired) electrons. The molecule has 1 aliphatic rings. The van der Waals surface area contributed by atoms with Crippen molar-refractivity contribution < 1.29 is 9.59 Å². The number of aromatic nitrogens is 2. The minimum atomic E-state index is -0.383. The van der Waals surface area contributed by atoms with Gasteiger partial charge in [0.2, 0.25) is 11.8 Å². The van der Waals surface area contributed by atoms with Gasteiger partial charge in [0.25, 0.3) is 0 Å². The van der Waals surface area contributed by atoms with E-state index in [1.165, 1.54) is 0 Å². The second-order valence-electron chi connectivity index (χ2n) is 6.78. The molecule has 28 heavy (non-hydrogen) atoms. The van der Waals surface area contributed by atoms with Gasteiger partial charge >= 0.3 is 0 Å². The molecule has 1 aliphatic heterocycles. The summed E-state index contributed by atoms with van der Waals surface area (Å²) in [6, 6.07) is 19.2. The van der Waals surface area contributed by atoms with E-state index in [-0.39, 0.29) is 24.2 Å². The van der Waals surface area contributed by atoms with Crippen LogP contribution in [0.15, 0.2) is 73.1 Å². The lowest BCUT2D eigenvalue weighted by molar-refractivity contribution is -0.128. The molecular formula is C22H20N4O2. The van der Waals surface area contributed by atoms with Crippen molar-refractivity contribution in [2.45, 2.75) is 13.0 Å². The van der Waals surface area contributed by atoms with Crippen molar-refractivity contribution in [3.63, 3.8) is 0 Å². The lowest BCUT2D eigenvalue weighted by atomic mass is 10.1. The minimum Gasteiger partial charge on any atom is -0.336 e. The molecule has 0 aliphatic carbocycles. The van der Waals surface area contributed by atoms with E-state index in [0.29, 0.717) is 18.9 Å². The van der Waals surface area contributed by atoms with E-state index in [4.69, 9.17) is 0 Å². The molecule has 6 heteroatoms. The van der Waals surface area contributed by atoms with E-state index >= 15 is 0 Å². The lowest BCUT2D eigenvalue weighted by Gasteiger charge is -2.16. The van der Waals surface area contributed by atoms with Crippen LogP contribution < -0.4 is 5.32 Å². The van der Waals surface area contributed by atoms with Gasteiger partial charge in [-0.15, -0.1) is 0 Å². The maximum absolute atomic E-state index is 12.6. The summed E-state index contributed by atoms with van der Waals surface area (Å²) in [5, 5.41) is 2.82. The molecule has 0 spiro atoms. The molecule has 4 rings (SSSR count). The number of nitrogens with one attached hydrogen (secondary N) is 1. The van der Waals surface area contributed by atoms with Crippen LogP contribution in [0.1, 0.15) is 12.1 Å². The minimum absolute atomic E-state index is 0.0295. The van der Waals surface area contributed by atoms with Crippen molar-refractivity contribution >= 4 is 17.6 Å². The third kappa shape index (κ3) is 4.06. The predicted octanol–water partition coefficient (Wildman–Crippen LogP) is 3.13. The molecule has 0 bridgehead atoms. The highest BCUT2D eigenvalue weighted by Crippen LogP contribution is 2.22. The molecule has 3 aromatic rings. The smallest absolute Gasteiger partial charge is 0.230 e. The summed E-state index contributed by atoms with van der Waals surface area (Å²) in [5.74, 6) is -0.109. The summed E-state index contributed by atoms with van der Waals surface area (Å²) in [7, 11) is 0. The maximum atomic E-state index is 12.6. The van der Waals surface area contributed by atoms with Gasteiger partial charge in [-0.1, -0.05) is 36.4 Å². The lowest BCUT2D eigenvalue weighted by Crippen LogP contribution is -2.28. The van der Waals surface area contributed by atoms with Crippen molar-refractivity contribution in [1.29, 1.82) is 0 Å². The first-order valence-corrected chi connectivity index (χ1v) is 9.19. The average Bonchev–Trinajstić information content (AvgIpc) is 3.10. The largest absolute Gasteiger partial charge is 0.336 e. The number of nitrogens with zero attached hydrogens (tertiary/aromatic N) is 3. The Bertz CT molecular complexity index is 959. The van der Waals surface area contributed by atoms with E-state index in [9.17, 15) is 9.59 Å². The number of hydrogen-bond acceptors (Lipinski definition) is 4. The Labute approximate surface area is 163 Å². The summed E-state index contributed by atoms with van der Waals surface area (Å²) in [5.41, 5.74) is 2.87. The Hall–Kier alpha value is -3.54. The summed E-state index contributed by atoms with van der Waals surface area (Å²) in [4.78, 5) is 35.1. The molecule has 2 amide bonds. The Morgan fingerprint density at radius 2 is 1.82 bits per heavy atom. The number of hydrogen-bond donors (Lipinski definition) is 1. The van der Waals surface area contributed by atoms with Crippen molar-refractivity contribution in [3.8, 4) is 11.1 Å². The second-order valence-corrected chi connectivity index (χ2v) is 6.78. The van der Waals surface area contributed by atoms with Crippen LogP contribution in [0.5, 0.6) is 0 Å². The fourth-order valence-electron chi connectivity index (χ4n) is 3.29. The van der Waals surface area contributed by atoms with Crippen LogP contribution >= 0.6 is 0 Å². The van der Waals surface area contributed by atoms with Crippen LogP contribution in [-0.4, -0.2) is 33.2 Å². The second kappa shape index (κ2) is 8.00. The third-order valence-corrected chi connectivity index (χ3v) is 4.79. The number of carbonyl (C=O) groups is 2. The topological polar surface area (TPSA) is 75.2 Å². The van der Waals surface area contributed by atoms with Gasteiger partial charge in [-0.3, -0.25) is 14.6 Å². The van der Waals surface area contributed by atoms with E-state index in [1.807, 2.05) is 54.6 Å². The molecule has 140 valence electrons. The number of benzene rings is 1. The molecule has 1 N–H and O–H groups in total. The number of rotatable bonds is 5. The maximum Gasteiger partial charge on any atom is 0.230 e. The number of amides is 2. The van der Waals surface area contributed by atoms with Crippen LogP contribution in [-0.2, 0) is 16.1 Å². The first-order valence-electron chi connectivity index (χ1n) is 9.19. The highest BCUT2D eigenvalue weighted by atomic mass is 16.2. The van der Waals surface area contributed by atoms with Crippen molar-refractivity contribution in [2.75, 3.05) is 11.9 Å². The van der Waals surface area contributed by atoms with Gasteiger partial charge in [0, 0.05) is 30.9 Å². The zero-order valence-corrected chi connectivity index (χ0v) is 15.3. The Balaban J connectivity index is 1.37. The fraction of sp³-hybridized carbons (Fsp3) is 0.182. The molecular weight excluding hydrogens is 352 g/mol. The number of likely N-dealkylation sites (tertiary alicyclic amines) is 1. The van der Waals surface area contributed by atoms with E-state index in [0.717, 1.165) is 16.8 Å². The summed E-state index contributed by atoms with van der Waals surface area (Å²) in [6.45, 7) is 0.816. The van der Waals surface area contributed by atoms with Crippen LogP contribution in [0, 0.1) is 5.92 Å². The first-order chi connectivity index (χ1) is 13.7. The summed E-state index contributed by atoms with van der Waals surface area (Å²) >= 11 is 0. The van der Waals surface area contributed by atoms with Crippen molar-refractivity contribution in [1.82, 2.24) is 14.9 Å². The van der Waals surface area contributed by atoms with Gasteiger partial charge in [0.1, 0.15) is 5.82 Å². The molecule has 3 heterocycles. The Morgan fingerprint density at radius 1 is 1.00 bits per heavy atom. The van der Waals surface area contributed by atoms with Gasteiger partial charge in [-0.2, -0.15) is 0 Å². The number of anilines is 1. The number of pyridine rings is 2. The fourth-order valence-corrected chi connectivity index (χ4v) is 3.29. The molecule has 1 aromatic carbocycles. The zero-order chi connectivity index (χ0) is 19.3. The SMILES string of the molecule is O=C(Nc1ccc(-c2ccccc2)cn1)C1CC(=O)N(Cc2ccccn2)C1. The van der Waals surface area contributed by atoms with E-state index < -0.39 is 0 Å². The first kappa shape index (κ1) is 17.9. The molecule has 0 saturated carbocycles. The highest BCUT2D eigenvalue weighted by Gasteiger charge is 2.34. The highest BCUT2D eigenvalue weighted by molar-refractivity contribution is 5.96. The van der Waals surface area contributed by atoms with Crippen LogP contribution in [0.4, 0.5) is 5.82 Å². The molecule has 1 atom stereocenters. The Morgan fingerprint density at radius 3 is 2.54 bits per heavy atom. The molecule has 1 saturated heterocycles. The van der Waals surface area contributed by atoms with Gasteiger partial charge in [-0.05, 0) is 29.8 Å². The summed E-state index contributed by atoms with van der Waals surface area (Å²) in [6.07, 6.45) is 3.64. The van der Waals surface area contributed by atoms with E-state index in [2.05, 4.69) is 15.3 Å². The molecule has 1 unspecified atom stereocenters. The number of carbonyl (C=O) groups excluding carboxylic acids is 2. The molecule has 1 fully saturated rings. The quantitative estimate of drug-likeness (QED) is 0.747. The predicted molar refractivity (Wildman–Crippen MR) is 106 cm³/mol. The van der Waals surface area contributed by atoms with Crippen LogP contribution in [0.3, 0.4) is 0 Å². The van der Waals surface area contributed by atoms with Gasteiger partial charge in [0.15, 0.2) is 0 Å².